The van der Waals surface area contributed by atoms with Crippen LogP contribution in [0.15, 0.2) is 71.5 Å². The third kappa shape index (κ3) is 4.43. The molecule has 1 heterocycles. The molecular weight excluding hydrogens is 452 g/mol. The van der Waals surface area contributed by atoms with Crippen molar-refractivity contribution in [2.24, 2.45) is 0 Å². The lowest BCUT2D eigenvalue weighted by Gasteiger charge is -2.20. The first-order valence-electron chi connectivity index (χ1n) is 10.7. The van der Waals surface area contributed by atoms with Gasteiger partial charge < -0.3 is 10.6 Å². The Morgan fingerprint density at radius 3 is 2.38 bits per heavy atom. The van der Waals surface area contributed by atoms with E-state index in [0.717, 1.165) is 5.56 Å². The smallest absolute Gasteiger partial charge is 0.278 e. The van der Waals surface area contributed by atoms with Gasteiger partial charge in [0.1, 0.15) is 11.7 Å². The number of hydrogen-bond acceptors (Lipinski definition) is 4. The summed E-state index contributed by atoms with van der Waals surface area (Å²) in [5.41, 5.74) is 3.03. The summed E-state index contributed by atoms with van der Waals surface area (Å²) >= 11 is 6.19. The van der Waals surface area contributed by atoms with Crippen LogP contribution in [0.5, 0.6) is 0 Å². The Morgan fingerprint density at radius 2 is 1.62 bits per heavy atom. The van der Waals surface area contributed by atoms with Crippen LogP contribution in [0.3, 0.4) is 0 Å². The van der Waals surface area contributed by atoms with E-state index in [1.807, 2.05) is 13.0 Å². The Labute approximate surface area is 201 Å². The third-order valence-corrected chi connectivity index (χ3v) is 5.99. The Morgan fingerprint density at radius 1 is 0.941 bits per heavy atom. The van der Waals surface area contributed by atoms with Crippen molar-refractivity contribution in [3.8, 4) is 11.3 Å². The molecule has 0 saturated heterocycles. The van der Waals surface area contributed by atoms with E-state index in [1.165, 1.54) is 11.5 Å². The van der Waals surface area contributed by atoms with Crippen LogP contribution in [0.4, 0.5) is 11.4 Å². The Bertz CT molecular complexity index is 1480. The number of aromatic nitrogens is 2. The second kappa shape index (κ2) is 9.49. The lowest BCUT2D eigenvalue weighted by Crippen LogP contribution is -2.33. The quantitative estimate of drug-likeness (QED) is 0.416. The first-order valence-corrected chi connectivity index (χ1v) is 11.1. The molecule has 0 aliphatic rings. The van der Waals surface area contributed by atoms with E-state index in [9.17, 15) is 14.4 Å². The van der Waals surface area contributed by atoms with E-state index < -0.39 is 11.6 Å². The molecule has 172 valence electrons. The van der Waals surface area contributed by atoms with Crippen molar-refractivity contribution in [1.29, 1.82) is 0 Å². The lowest BCUT2D eigenvalue weighted by atomic mass is 10.1. The number of para-hydroxylation sites is 3. The number of halogens is 1. The molecule has 3 aromatic carbocycles. The molecule has 4 rings (SSSR count). The molecule has 1 atom stereocenters. The van der Waals surface area contributed by atoms with Gasteiger partial charge in [-0.25, -0.2) is 4.98 Å². The summed E-state index contributed by atoms with van der Waals surface area (Å²) in [7, 11) is 0. The predicted octanol–water partition coefficient (Wildman–Crippen LogP) is 5.18. The van der Waals surface area contributed by atoms with Crippen LogP contribution < -0.4 is 16.2 Å². The minimum Gasteiger partial charge on any atom is -0.326 e. The number of carbonyl (C=O) groups is 2. The van der Waals surface area contributed by atoms with Crippen LogP contribution in [-0.4, -0.2) is 21.4 Å². The molecule has 1 aromatic heterocycles. The van der Waals surface area contributed by atoms with Gasteiger partial charge in [-0.1, -0.05) is 48.0 Å². The van der Waals surface area contributed by atoms with Gasteiger partial charge in [0.2, 0.25) is 11.8 Å². The minimum absolute atomic E-state index is 0.140. The number of fused-ring (bicyclic) bond motifs is 1. The largest absolute Gasteiger partial charge is 0.326 e. The van der Waals surface area contributed by atoms with E-state index in [4.69, 9.17) is 11.6 Å². The monoisotopic (exact) mass is 474 g/mol. The highest BCUT2D eigenvalue weighted by molar-refractivity contribution is 6.31. The average Bonchev–Trinajstić information content (AvgIpc) is 2.81. The van der Waals surface area contributed by atoms with Crippen LogP contribution in [0.2, 0.25) is 5.02 Å². The molecule has 0 bridgehead atoms. The molecule has 8 heteroatoms. The van der Waals surface area contributed by atoms with Crippen molar-refractivity contribution >= 4 is 45.8 Å². The van der Waals surface area contributed by atoms with E-state index in [1.54, 1.807) is 67.6 Å². The van der Waals surface area contributed by atoms with Crippen LogP contribution in [0, 0.1) is 6.92 Å². The van der Waals surface area contributed by atoms with Crippen LogP contribution in [0.25, 0.3) is 22.3 Å². The predicted molar refractivity (Wildman–Crippen MR) is 135 cm³/mol. The molecule has 0 radical (unpaired) electrons. The van der Waals surface area contributed by atoms with Crippen molar-refractivity contribution in [1.82, 2.24) is 9.55 Å². The Hall–Kier alpha value is -3.97. The normalized spacial score (nSPS) is 11.8. The number of nitrogens with one attached hydrogen (secondary N) is 2. The van der Waals surface area contributed by atoms with Crippen LogP contribution in [0.1, 0.15) is 25.5 Å². The molecule has 0 aliphatic carbocycles. The maximum absolute atomic E-state index is 13.7. The molecule has 4 aromatic rings. The zero-order valence-electron chi connectivity index (χ0n) is 18.9. The zero-order chi connectivity index (χ0) is 24.4. The van der Waals surface area contributed by atoms with E-state index >= 15 is 0 Å². The molecule has 0 spiro atoms. The van der Waals surface area contributed by atoms with Gasteiger partial charge in [0.25, 0.3) is 5.56 Å². The SMILES string of the molecule is CC(=O)Nc1ccccc1-c1nc2ccccc2n([C@H](C)C(=O)Nc2cccc(Cl)c2C)c1=O. The highest BCUT2D eigenvalue weighted by Gasteiger charge is 2.23. The second-order valence-electron chi connectivity index (χ2n) is 7.93. The Kier molecular flexibility index (Phi) is 6.47. The first-order chi connectivity index (χ1) is 16.3. The highest BCUT2D eigenvalue weighted by Crippen LogP contribution is 2.28. The molecule has 0 fully saturated rings. The Balaban J connectivity index is 1.86. The van der Waals surface area contributed by atoms with Gasteiger partial charge in [-0.2, -0.15) is 0 Å². The third-order valence-electron chi connectivity index (χ3n) is 5.58. The standard InChI is InChI=1S/C26H23ClN4O3/c1-15-19(27)10-8-13-20(15)30-25(33)16(2)31-23-14-7-6-12-22(23)29-24(26(31)34)18-9-4-5-11-21(18)28-17(3)32/h4-14,16H,1-3H3,(H,28,32)(H,30,33)/t16-/m1/s1. The minimum atomic E-state index is -0.856. The summed E-state index contributed by atoms with van der Waals surface area (Å²) < 4.78 is 1.43. The number of hydrogen-bond donors (Lipinski definition) is 2. The van der Waals surface area contributed by atoms with E-state index in [0.29, 0.717) is 33.0 Å². The molecule has 0 unspecified atom stereocenters. The van der Waals surface area contributed by atoms with E-state index in [2.05, 4.69) is 15.6 Å². The molecule has 7 nitrogen and oxygen atoms in total. The maximum Gasteiger partial charge on any atom is 0.278 e. The van der Waals surface area contributed by atoms with Gasteiger partial charge in [0, 0.05) is 23.2 Å². The number of amides is 2. The van der Waals surface area contributed by atoms with Gasteiger partial charge in [0.05, 0.1) is 16.7 Å². The number of benzene rings is 3. The summed E-state index contributed by atoms with van der Waals surface area (Å²) in [5.74, 6) is -0.636. The van der Waals surface area contributed by atoms with Crippen LogP contribution >= 0.6 is 11.6 Å². The number of rotatable bonds is 5. The van der Waals surface area contributed by atoms with Gasteiger partial charge in [-0.05, 0) is 49.7 Å². The van der Waals surface area contributed by atoms with Crippen molar-refractivity contribution in [2.45, 2.75) is 26.8 Å². The van der Waals surface area contributed by atoms with Gasteiger partial charge in [-0.3, -0.25) is 19.0 Å². The van der Waals surface area contributed by atoms with Crippen LogP contribution in [-0.2, 0) is 9.59 Å². The van der Waals surface area contributed by atoms with Crippen molar-refractivity contribution in [3.05, 3.63) is 87.7 Å². The van der Waals surface area contributed by atoms with E-state index in [-0.39, 0.29) is 17.5 Å². The maximum atomic E-state index is 13.7. The van der Waals surface area contributed by atoms with Crippen molar-refractivity contribution in [3.63, 3.8) is 0 Å². The number of carbonyl (C=O) groups excluding carboxylic acids is 2. The molecule has 0 saturated carbocycles. The van der Waals surface area contributed by atoms with Crippen molar-refractivity contribution in [2.75, 3.05) is 10.6 Å². The summed E-state index contributed by atoms with van der Waals surface area (Å²) in [6.07, 6.45) is 0. The average molecular weight is 475 g/mol. The van der Waals surface area contributed by atoms with Gasteiger partial charge in [-0.15, -0.1) is 0 Å². The summed E-state index contributed by atoms with van der Waals surface area (Å²) in [6.45, 7) is 4.87. The molecule has 2 amide bonds. The summed E-state index contributed by atoms with van der Waals surface area (Å²) in [5, 5.41) is 6.16. The molecular formula is C26H23ClN4O3. The summed E-state index contributed by atoms with van der Waals surface area (Å²) in [4.78, 5) is 43.3. The number of nitrogens with zero attached hydrogens (tertiary/aromatic N) is 2. The molecule has 2 N–H and O–H groups in total. The summed E-state index contributed by atoms with van der Waals surface area (Å²) in [6, 6.07) is 18.5. The van der Waals surface area contributed by atoms with Gasteiger partial charge >= 0.3 is 0 Å². The number of anilines is 2. The topological polar surface area (TPSA) is 93.1 Å². The fraction of sp³-hybridized carbons (Fsp3) is 0.154. The highest BCUT2D eigenvalue weighted by atomic mass is 35.5. The van der Waals surface area contributed by atoms with Gasteiger partial charge in [0.15, 0.2) is 0 Å². The van der Waals surface area contributed by atoms with Crippen molar-refractivity contribution < 1.29 is 9.59 Å². The fourth-order valence-corrected chi connectivity index (χ4v) is 3.97. The lowest BCUT2D eigenvalue weighted by molar-refractivity contribution is -0.118. The fourth-order valence-electron chi connectivity index (χ4n) is 3.80. The zero-order valence-corrected chi connectivity index (χ0v) is 19.7. The first kappa shape index (κ1) is 23.2. The molecule has 34 heavy (non-hydrogen) atoms. The second-order valence-corrected chi connectivity index (χ2v) is 8.34. The molecule has 0 aliphatic heterocycles.